The van der Waals surface area contributed by atoms with Gasteiger partial charge in [-0.15, -0.1) is 0 Å². The van der Waals surface area contributed by atoms with E-state index in [0.717, 1.165) is 5.56 Å². The van der Waals surface area contributed by atoms with Crippen LogP contribution in [-0.2, 0) is 4.79 Å². The number of pyridine rings is 1. The maximum atomic E-state index is 12.6. The minimum Gasteiger partial charge on any atom is -0.481 e. The second-order valence-corrected chi connectivity index (χ2v) is 5.65. The van der Waals surface area contributed by atoms with Crippen LogP contribution >= 0.6 is 0 Å². The molecule has 0 aromatic carbocycles. The number of carboxylic acids is 1. The van der Waals surface area contributed by atoms with Gasteiger partial charge in [0.25, 0.3) is 11.5 Å². The molecule has 0 saturated heterocycles. The molecule has 0 aliphatic carbocycles. The lowest BCUT2D eigenvalue weighted by atomic mass is 10.2. The molecule has 0 aliphatic heterocycles. The number of aliphatic carboxylic acids is 1. The van der Waals surface area contributed by atoms with Crippen molar-refractivity contribution in [3.8, 4) is 0 Å². The fraction of sp³-hybridized carbons (Fsp3) is 0.375. The van der Waals surface area contributed by atoms with Gasteiger partial charge in [-0.2, -0.15) is 0 Å². The average Bonchev–Trinajstić information content (AvgIpc) is 2.46. The van der Waals surface area contributed by atoms with Crippen molar-refractivity contribution < 1.29 is 14.7 Å². The smallest absolute Gasteiger partial charge is 0.305 e. The van der Waals surface area contributed by atoms with E-state index in [1.807, 2.05) is 6.92 Å². The van der Waals surface area contributed by atoms with Crippen LogP contribution < -0.4 is 5.56 Å². The van der Waals surface area contributed by atoms with Gasteiger partial charge in [0.15, 0.2) is 0 Å². The number of carboxylic acid groups (broad SMARTS) is 1. The number of aromatic nitrogens is 2. The number of carbonyl (C=O) groups excluding carboxylic acids is 1. The number of amides is 1. The number of fused-ring (bicyclic) bond motifs is 1. The Morgan fingerprint density at radius 3 is 2.70 bits per heavy atom. The zero-order valence-corrected chi connectivity index (χ0v) is 13.3. The summed E-state index contributed by atoms with van der Waals surface area (Å²) >= 11 is 0. The Labute approximate surface area is 133 Å². The average molecular weight is 317 g/mol. The van der Waals surface area contributed by atoms with Gasteiger partial charge >= 0.3 is 5.97 Å². The maximum Gasteiger partial charge on any atom is 0.305 e. The molecule has 0 bridgehead atoms. The first-order chi connectivity index (χ1) is 10.8. The summed E-state index contributed by atoms with van der Waals surface area (Å²) in [4.78, 5) is 41.4. The molecule has 0 saturated carbocycles. The SMILES string of the molecule is Cc1ccn2c(=O)c(C(=O)N(CCC(=O)O)C(C)C)cnc2c1. The van der Waals surface area contributed by atoms with Gasteiger partial charge in [-0.25, -0.2) is 4.98 Å². The van der Waals surface area contributed by atoms with E-state index in [2.05, 4.69) is 4.98 Å². The summed E-state index contributed by atoms with van der Waals surface area (Å²) in [7, 11) is 0. The predicted molar refractivity (Wildman–Crippen MR) is 84.6 cm³/mol. The molecule has 0 aliphatic rings. The lowest BCUT2D eigenvalue weighted by Gasteiger charge is -2.25. The highest BCUT2D eigenvalue weighted by Gasteiger charge is 2.23. The molecule has 7 heteroatoms. The van der Waals surface area contributed by atoms with Crippen molar-refractivity contribution >= 4 is 17.5 Å². The number of aryl methyl sites for hydroxylation is 1. The second kappa shape index (κ2) is 6.60. The van der Waals surface area contributed by atoms with Gasteiger partial charge in [0, 0.05) is 25.0 Å². The van der Waals surface area contributed by atoms with Gasteiger partial charge in [-0.1, -0.05) is 0 Å². The van der Waals surface area contributed by atoms with Crippen molar-refractivity contribution in [1.82, 2.24) is 14.3 Å². The number of rotatable bonds is 5. The third kappa shape index (κ3) is 3.56. The fourth-order valence-corrected chi connectivity index (χ4v) is 2.29. The Morgan fingerprint density at radius 1 is 1.39 bits per heavy atom. The number of nitrogens with zero attached hydrogens (tertiary/aromatic N) is 3. The summed E-state index contributed by atoms with van der Waals surface area (Å²) in [6.45, 7) is 5.48. The van der Waals surface area contributed by atoms with Crippen LogP contribution in [0.25, 0.3) is 5.65 Å². The Hall–Kier alpha value is -2.70. The Bertz CT molecular complexity index is 811. The predicted octanol–water partition coefficient (Wildman–Crippen LogP) is 1.33. The summed E-state index contributed by atoms with van der Waals surface area (Å²) in [5.74, 6) is -1.50. The Balaban J connectivity index is 2.43. The molecule has 1 N–H and O–H groups in total. The van der Waals surface area contributed by atoms with Crippen LogP contribution in [0.2, 0.25) is 0 Å². The highest BCUT2D eigenvalue weighted by molar-refractivity contribution is 5.94. The first kappa shape index (κ1) is 16.7. The van der Waals surface area contributed by atoms with E-state index >= 15 is 0 Å². The van der Waals surface area contributed by atoms with Gasteiger partial charge < -0.3 is 10.0 Å². The van der Waals surface area contributed by atoms with Crippen LogP contribution in [0.1, 0.15) is 36.2 Å². The molecule has 0 atom stereocenters. The van der Waals surface area contributed by atoms with Crippen molar-refractivity contribution in [1.29, 1.82) is 0 Å². The maximum absolute atomic E-state index is 12.6. The molecule has 0 spiro atoms. The number of hydrogen-bond acceptors (Lipinski definition) is 4. The first-order valence-corrected chi connectivity index (χ1v) is 7.32. The lowest BCUT2D eigenvalue weighted by molar-refractivity contribution is -0.137. The fourth-order valence-electron chi connectivity index (χ4n) is 2.29. The van der Waals surface area contributed by atoms with E-state index < -0.39 is 17.4 Å². The largest absolute Gasteiger partial charge is 0.481 e. The topological polar surface area (TPSA) is 92.0 Å². The van der Waals surface area contributed by atoms with Gasteiger partial charge in [0.05, 0.1) is 6.42 Å². The second-order valence-electron chi connectivity index (χ2n) is 5.65. The zero-order chi connectivity index (χ0) is 17.1. The molecule has 0 radical (unpaired) electrons. The van der Waals surface area contributed by atoms with Crippen molar-refractivity contribution in [2.24, 2.45) is 0 Å². The summed E-state index contributed by atoms with van der Waals surface area (Å²) in [5.41, 5.74) is 0.904. The van der Waals surface area contributed by atoms with Crippen molar-refractivity contribution in [3.05, 3.63) is 46.0 Å². The summed E-state index contributed by atoms with van der Waals surface area (Å²) in [6.07, 6.45) is 2.66. The third-order valence-electron chi connectivity index (χ3n) is 3.55. The van der Waals surface area contributed by atoms with Crippen LogP contribution in [0.5, 0.6) is 0 Å². The standard InChI is InChI=1S/C16H19N3O4/c1-10(2)18(7-5-14(20)21)15(22)12-9-17-13-8-11(3)4-6-19(13)16(12)23/h4,6,8-10H,5,7H2,1-3H3,(H,20,21). The molecule has 2 aromatic heterocycles. The first-order valence-electron chi connectivity index (χ1n) is 7.32. The molecular formula is C16H19N3O4. The van der Waals surface area contributed by atoms with E-state index in [4.69, 9.17) is 5.11 Å². The minimum atomic E-state index is -0.993. The molecule has 2 rings (SSSR count). The molecule has 7 nitrogen and oxygen atoms in total. The third-order valence-corrected chi connectivity index (χ3v) is 3.55. The number of hydrogen-bond donors (Lipinski definition) is 1. The van der Waals surface area contributed by atoms with Crippen molar-refractivity contribution in [3.63, 3.8) is 0 Å². The molecule has 23 heavy (non-hydrogen) atoms. The lowest BCUT2D eigenvalue weighted by Crippen LogP contribution is -2.41. The summed E-state index contributed by atoms with van der Waals surface area (Å²) in [6, 6.07) is 3.29. The van der Waals surface area contributed by atoms with Gasteiger partial charge in [-0.05, 0) is 38.5 Å². The van der Waals surface area contributed by atoms with Crippen LogP contribution in [0.4, 0.5) is 0 Å². The van der Waals surface area contributed by atoms with Gasteiger partial charge in [0.1, 0.15) is 11.2 Å². The van der Waals surface area contributed by atoms with Gasteiger partial charge in [-0.3, -0.25) is 18.8 Å². The van der Waals surface area contributed by atoms with E-state index in [1.165, 1.54) is 15.5 Å². The molecular weight excluding hydrogens is 298 g/mol. The van der Waals surface area contributed by atoms with E-state index in [-0.39, 0.29) is 24.6 Å². The van der Waals surface area contributed by atoms with Gasteiger partial charge in [0.2, 0.25) is 0 Å². The summed E-state index contributed by atoms with van der Waals surface area (Å²) in [5, 5.41) is 8.80. The van der Waals surface area contributed by atoms with E-state index in [0.29, 0.717) is 5.65 Å². The van der Waals surface area contributed by atoms with Crippen LogP contribution in [0.3, 0.4) is 0 Å². The van der Waals surface area contributed by atoms with Crippen LogP contribution in [-0.4, -0.2) is 43.9 Å². The van der Waals surface area contributed by atoms with Crippen LogP contribution in [0, 0.1) is 6.92 Å². The molecule has 0 unspecified atom stereocenters. The molecule has 0 fully saturated rings. The molecule has 2 aromatic rings. The highest BCUT2D eigenvalue weighted by Crippen LogP contribution is 2.08. The minimum absolute atomic E-state index is 0.0435. The zero-order valence-electron chi connectivity index (χ0n) is 13.3. The van der Waals surface area contributed by atoms with Crippen molar-refractivity contribution in [2.45, 2.75) is 33.2 Å². The van der Waals surface area contributed by atoms with Crippen LogP contribution in [0.15, 0.2) is 29.3 Å². The quantitative estimate of drug-likeness (QED) is 0.898. The number of carbonyl (C=O) groups is 2. The normalized spacial score (nSPS) is 11.0. The Morgan fingerprint density at radius 2 is 2.09 bits per heavy atom. The van der Waals surface area contributed by atoms with E-state index in [9.17, 15) is 14.4 Å². The molecule has 1 amide bonds. The summed E-state index contributed by atoms with van der Waals surface area (Å²) < 4.78 is 1.32. The monoisotopic (exact) mass is 317 g/mol. The molecule has 2 heterocycles. The molecule has 122 valence electrons. The van der Waals surface area contributed by atoms with E-state index in [1.54, 1.807) is 32.2 Å². The highest BCUT2D eigenvalue weighted by atomic mass is 16.4. The Kier molecular flexibility index (Phi) is 4.78. The van der Waals surface area contributed by atoms with Crippen molar-refractivity contribution in [2.75, 3.05) is 6.54 Å².